The van der Waals surface area contributed by atoms with Gasteiger partial charge < -0.3 is 0 Å². The van der Waals surface area contributed by atoms with Crippen LogP contribution in [0.2, 0.25) is 0 Å². The fourth-order valence-electron chi connectivity index (χ4n) is 2.26. The van der Waals surface area contributed by atoms with E-state index in [0.717, 1.165) is 21.0 Å². The Morgan fingerprint density at radius 1 is 0.824 bits per heavy atom. The molecule has 0 aromatic rings. The maximum atomic E-state index is 2.27. The molecule has 2 aliphatic heterocycles. The molecule has 98 valence electrons. The van der Waals surface area contributed by atoms with Gasteiger partial charge in [-0.15, -0.1) is 0 Å². The van der Waals surface area contributed by atoms with Crippen molar-refractivity contribution in [2.24, 2.45) is 0 Å². The lowest BCUT2D eigenvalue weighted by molar-refractivity contribution is 0.528. The number of hydrogen-bond donors (Lipinski definition) is 0. The highest BCUT2D eigenvalue weighted by Gasteiger charge is 2.27. The first-order valence-electron chi connectivity index (χ1n) is 6.53. The Kier molecular flexibility index (Phi) is 5.62. The van der Waals surface area contributed by atoms with Crippen LogP contribution < -0.4 is 0 Å². The Bertz CT molecular complexity index is 231. The average Bonchev–Trinajstić information content (AvgIpc) is 3.10. The van der Waals surface area contributed by atoms with Crippen molar-refractivity contribution in [1.82, 2.24) is 0 Å². The minimum atomic E-state index is 0.976. The van der Waals surface area contributed by atoms with Crippen LogP contribution in [0.5, 0.6) is 0 Å². The van der Waals surface area contributed by atoms with E-state index in [4.69, 9.17) is 0 Å². The molecule has 5 heteroatoms. The third-order valence-corrected chi connectivity index (χ3v) is 11.1. The van der Waals surface area contributed by atoms with E-state index in [0.29, 0.717) is 0 Å². The highest BCUT2D eigenvalue weighted by Crippen LogP contribution is 2.44. The van der Waals surface area contributed by atoms with Crippen LogP contribution in [-0.2, 0) is 0 Å². The average molecular weight is 325 g/mol. The highest BCUT2D eigenvalue weighted by atomic mass is 33.1. The zero-order valence-corrected chi connectivity index (χ0v) is 14.1. The summed E-state index contributed by atoms with van der Waals surface area (Å²) in [7, 11) is 4.15. The third-order valence-electron chi connectivity index (χ3n) is 3.52. The second-order valence-corrected chi connectivity index (χ2v) is 11.7. The van der Waals surface area contributed by atoms with E-state index in [9.17, 15) is 0 Å². The van der Waals surface area contributed by atoms with E-state index in [1.54, 1.807) is 0 Å². The lowest BCUT2D eigenvalue weighted by atomic mass is 10.00. The molecule has 0 spiro atoms. The Labute approximate surface area is 126 Å². The van der Waals surface area contributed by atoms with Gasteiger partial charge in [-0.05, 0) is 25.7 Å². The van der Waals surface area contributed by atoms with Crippen LogP contribution in [0.4, 0.5) is 0 Å². The molecule has 0 radical (unpaired) electrons. The predicted molar refractivity (Wildman–Crippen MR) is 91.0 cm³/mol. The molecule has 17 heavy (non-hydrogen) atoms. The molecule has 3 fully saturated rings. The summed E-state index contributed by atoms with van der Waals surface area (Å²) in [5.41, 5.74) is 0. The van der Waals surface area contributed by atoms with E-state index in [1.165, 1.54) is 48.7 Å². The first-order valence-corrected chi connectivity index (χ1v) is 12.1. The molecule has 2 unspecified atom stereocenters. The molecule has 0 aromatic heterocycles. The Morgan fingerprint density at radius 3 is 1.76 bits per heavy atom. The minimum Gasteiger partial charge on any atom is -0.157 e. The summed E-state index contributed by atoms with van der Waals surface area (Å²) in [6.45, 7) is 0. The summed E-state index contributed by atoms with van der Waals surface area (Å²) in [6, 6.07) is 0. The molecule has 1 aliphatic carbocycles. The Morgan fingerprint density at radius 2 is 1.35 bits per heavy atom. The van der Waals surface area contributed by atoms with Crippen molar-refractivity contribution in [2.45, 2.75) is 46.7 Å². The summed E-state index contributed by atoms with van der Waals surface area (Å²) in [6.07, 6.45) is 5.97. The molecule has 3 rings (SSSR count). The van der Waals surface area contributed by atoms with Crippen LogP contribution >= 0.6 is 56.9 Å². The van der Waals surface area contributed by atoms with Crippen LogP contribution in [0, 0.1) is 0 Å². The van der Waals surface area contributed by atoms with Crippen molar-refractivity contribution in [3.8, 4) is 0 Å². The van der Waals surface area contributed by atoms with Crippen LogP contribution in [0.1, 0.15) is 25.7 Å². The van der Waals surface area contributed by atoms with Crippen LogP contribution in [0.3, 0.4) is 0 Å². The smallest absolute Gasteiger partial charge is 0.0341 e. The number of hydrogen-bond acceptors (Lipinski definition) is 5. The van der Waals surface area contributed by atoms with E-state index < -0.39 is 0 Å². The fraction of sp³-hybridized carbons (Fsp3) is 1.00. The van der Waals surface area contributed by atoms with Crippen molar-refractivity contribution in [2.75, 3.05) is 23.0 Å². The van der Waals surface area contributed by atoms with E-state index in [1.807, 2.05) is 10.8 Å². The van der Waals surface area contributed by atoms with Crippen LogP contribution in [0.25, 0.3) is 0 Å². The highest BCUT2D eigenvalue weighted by molar-refractivity contribution is 8.79. The van der Waals surface area contributed by atoms with Gasteiger partial charge in [-0.2, -0.15) is 35.3 Å². The van der Waals surface area contributed by atoms with Gasteiger partial charge in [-0.25, -0.2) is 0 Å². The van der Waals surface area contributed by atoms with E-state index >= 15 is 0 Å². The predicted octanol–water partition coefficient (Wildman–Crippen LogP) is 4.64. The molecule has 0 nitrogen and oxygen atoms in total. The zero-order valence-electron chi connectivity index (χ0n) is 10.0. The first kappa shape index (κ1) is 13.7. The SMILES string of the molecule is C1CC(SCC2CSS2)CCC1SCC1CS1. The number of rotatable bonds is 6. The summed E-state index contributed by atoms with van der Waals surface area (Å²) in [4.78, 5) is 0. The van der Waals surface area contributed by atoms with E-state index in [-0.39, 0.29) is 0 Å². The summed E-state index contributed by atoms with van der Waals surface area (Å²) >= 11 is 6.69. The van der Waals surface area contributed by atoms with Gasteiger partial charge in [0.2, 0.25) is 0 Å². The monoisotopic (exact) mass is 324 g/mol. The summed E-state index contributed by atoms with van der Waals surface area (Å²) < 4.78 is 0. The van der Waals surface area contributed by atoms with Gasteiger partial charge in [0.05, 0.1) is 0 Å². The Hall–Kier alpha value is 1.75. The van der Waals surface area contributed by atoms with Crippen molar-refractivity contribution >= 4 is 56.9 Å². The molecule has 2 atom stereocenters. The molecule has 2 saturated heterocycles. The summed E-state index contributed by atoms with van der Waals surface area (Å²) in [5, 5.41) is 4.00. The molecular formula is C12H20S5. The van der Waals surface area contributed by atoms with Gasteiger partial charge in [0.25, 0.3) is 0 Å². The second kappa shape index (κ2) is 6.96. The Balaban J connectivity index is 1.26. The van der Waals surface area contributed by atoms with Gasteiger partial charge in [0, 0.05) is 44.0 Å². The van der Waals surface area contributed by atoms with Gasteiger partial charge in [-0.3, -0.25) is 0 Å². The maximum Gasteiger partial charge on any atom is 0.0341 e. The molecule has 0 aromatic carbocycles. The zero-order chi connectivity index (χ0) is 11.5. The van der Waals surface area contributed by atoms with Gasteiger partial charge >= 0.3 is 0 Å². The second-order valence-electron chi connectivity index (χ2n) is 5.02. The standard InChI is InChI=1S/C12H20S5/c1-3-10(14-7-12-8-16-17-12)4-2-9(1)13-5-11-6-15-11/h9-12H,1-8H2. The van der Waals surface area contributed by atoms with Gasteiger partial charge in [-0.1, -0.05) is 21.6 Å². The van der Waals surface area contributed by atoms with Crippen LogP contribution in [0.15, 0.2) is 0 Å². The molecule has 0 N–H and O–H groups in total. The maximum absolute atomic E-state index is 2.27. The van der Waals surface area contributed by atoms with Crippen molar-refractivity contribution in [3.63, 3.8) is 0 Å². The molecule has 0 amide bonds. The third kappa shape index (κ3) is 4.66. The van der Waals surface area contributed by atoms with Crippen molar-refractivity contribution in [1.29, 1.82) is 0 Å². The summed E-state index contributed by atoms with van der Waals surface area (Å²) in [5.74, 6) is 5.69. The molecule has 2 heterocycles. The van der Waals surface area contributed by atoms with Gasteiger partial charge in [0.1, 0.15) is 0 Å². The first-order chi connectivity index (χ1) is 8.40. The van der Waals surface area contributed by atoms with Gasteiger partial charge in [0.15, 0.2) is 0 Å². The molecule has 3 aliphatic rings. The minimum absolute atomic E-state index is 0.976. The lowest BCUT2D eigenvalue weighted by Crippen LogP contribution is -2.22. The molecule has 1 saturated carbocycles. The quantitative estimate of drug-likeness (QED) is 0.514. The normalized spacial score (nSPS) is 40.9. The largest absolute Gasteiger partial charge is 0.157 e. The molecule has 0 bridgehead atoms. The van der Waals surface area contributed by atoms with Crippen molar-refractivity contribution < 1.29 is 0 Å². The molecular weight excluding hydrogens is 304 g/mol. The van der Waals surface area contributed by atoms with Crippen LogP contribution in [-0.4, -0.2) is 44.0 Å². The fourth-order valence-corrected chi connectivity index (χ4v) is 8.24. The lowest BCUT2D eigenvalue weighted by Gasteiger charge is -2.30. The number of thioether (sulfide) groups is 3. The van der Waals surface area contributed by atoms with E-state index in [2.05, 4.69) is 46.1 Å². The topological polar surface area (TPSA) is 0 Å². The van der Waals surface area contributed by atoms with Crippen molar-refractivity contribution in [3.05, 3.63) is 0 Å².